The third-order valence-corrected chi connectivity index (χ3v) is 5.48. The minimum atomic E-state index is -0.318. The maximum Gasteiger partial charge on any atom is 0.351 e. The lowest BCUT2D eigenvalue weighted by molar-refractivity contribution is 0.354. The average molecular weight is 406 g/mol. The molecule has 0 saturated carbocycles. The van der Waals surface area contributed by atoms with Crippen LogP contribution in [0.1, 0.15) is 36.5 Å². The van der Waals surface area contributed by atoms with E-state index in [0.29, 0.717) is 23.9 Å². The number of aromatic nitrogens is 2. The fraction of sp³-hybridized carbons (Fsp3) is 0.333. The molecule has 1 aliphatic heterocycles. The molecule has 156 valence electrons. The number of hydrogen-bond donors (Lipinski definition) is 0. The van der Waals surface area contributed by atoms with Gasteiger partial charge >= 0.3 is 5.69 Å². The second-order valence-corrected chi connectivity index (χ2v) is 7.83. The summed E-state index contributed by atoms with van der Waals surface area (Å²) in [6.07, 6.45) is 0.722. The molecule has 0 bridgehead atoms. The van der Waals surface area contributed by atoms with Crippen LogP contribution in [0.3, 0.4) is 0 Å². The van der Waals surface area contributed by atoms with Crippen molar-refractivity contribution in [3.8, 4) is 34.4 Å². The summed E-state index contributed by atoms with van der Waals surface area (Å²) in [6.45, 7) is 6.80. The van der Waals surface area contributed by atoms with Gasteiger partial charge < -0.3 is 14.2 Å². The standard InChI is InChI=1S/C24H26N2O4/c1-14(2)17-7-6-15(3)10-20(17)30-23-13-19-18-12-22(29-5)21(28-4)11-16(18)8-9-26(19)24(27)25-23/h6-7,10-14H,8-9H2,1-5H3. The molecule has 0 N–H and O–H groups in total. The van der Waals surface area contributed by atoms with Crippen LogP contribution in [0.25, 0.3) is 11.3 Å². The first-order valence-electron chi connectivity index (χ1n) is 10.1. The van der Waals surface area contributed by atoms with Crippen molar-refractivity contribution in [1.82, 2.24) is 9.55 Å². The van der Waals surface area contributed by atoms with Gasteiger partial charge in [-0.1, -0.05) is 26.0 Å². The largest absolute Gasteiger partial charge is 0.493 e. The lowest BCUT2D eigenvalue weighted by Crippen LogP contribution is -2.28. The Bertz CT molecular complexity index is 1160. The first-order chi connectivity index (χ1) is 14.4. The molecular formula is C24H26N2O4. The minimum absolute atomic E-state index is 0.289. The highest BCUT2D eigenvalue weighted by molar-refractivity contribution is 5.70. The second-order valence-electron chi connectivity index (χ2n) is 7.83. The highest BCUT2D eigenvalue weighted by atomic mass is 16.5. The molecule has 0 spiro atoms. The predicted molar refractivity (Wildman–Crippen MR) is 116 cm³/mol. The van der Waals surface area contributed by atoms with Crippen LogP contribution in [0, 0.1) is 6.92 Å². The Balaban J connectivity index is 1.82. The summed E-state index contributed by atoms with van der Waals surface area (Å²) in [6, 6.07) is 11.8. The van der Waals surface area contributed by atoms with Gasteiger partial charge in [-0.2, -0.15) is 4.98 Å². The molecule has 6 nitrogen and oxygen atoms in total. The van der Waals surface area contributed by atoms with Gasteiger partial charge in [0.1, 0.15) is 5.75 Å². The van der Waals surface area contributed by atoms with E-state index in [1.807, 2.05) is 31.2 Å². The van der Waals surface area contributed by atoms with E-state index in [2.05, 4.69) is 31.0 Å². The number of rotatable bonds is 5. The zero-order chi connectivity index (χ0) is 21.4. The van der Waals surface area contributed by atoms with Gasteiger partial charge in [-0.25, -0.2) is 4.79 Å². The highest BCUT2D eigenvalue weighted by Crippen LogP contribution is 2.39. The van der Waals surface area contributed by atoms with Crippen LogP contribution in [0.2, 0.25) is 0 Å². The van der Waals surface area contributed by atoms with Crippen molar-refractivity contribution in [3.05, 3.63) is 63.6 Å². The minimum Gasteiger partial charge on any atom is -0.493 e. The Morgan fingerprint density at radius 3 is 2.43 bits per heavy atom. The molecule has 0 atom stereocenters. The fourth-order valence-corrected chi connectivity index (χ4v) is 3.89. The summed E-state index contributed by atoms with van der Waals surface area (Å²) in [7, 11) is 3.22. The topological polar surface area (TPSA) is 62.6 Å². The van der Waals surface area contributed by atoms with Crippen LogP contribution in [-0.4, -0.2) is 23.8 Å². The Morgan fingerprint density at radius 2 is 1.73 bits per heavy atom. The van der Waals surface area contributed by atoms with Crippen molar-refractivity contribution in [3.63, 3.8) is 0 Å². The average Bonchev–Trinajstić information content (AvgIpc) is 2.72. The van der Waals surface area contributed by atoms with Crippen LogP contribution in [0.15, 0.2) is 41.2 Å². The van der Waals surface area contributed by atoms with E-state index in [9.17, 15) is 4.79 Å². The van der Waals surface area contributed by atoms with Crippen molar-refractivity contribution in [2.24, 2.45) is 0 Å². The van der Waals surface area contributed by atoms with Crippen molar-refractivity contribution in [1.29, 1.82) is 0 Å². The zero-order valence-electron chi connectivity index (χ0n) is 18.0. The molecule has 1 aromatic heterocycles. The van der Waals surface area contributed by atoms with E-state index in [1.165, 1.54) is 0 Å². The number of methoxy groups -OCH3 is 2. The van der Waals surface area contributed by atoms with Crippen LogP contribution in [0.5, 0.6) is 23.1 Å². The molecule has 0 amide bonds. The number of benzene rings is 2. The molecular weight excluding hydrogens is 380 g/mol. The van der Waals surface area contributed by atoms with E-state index in [0.717, 1.165) is 40.1 Å². The van der Waals surface area contributed by atoms with Crippen molar-refractivity contribution in [2.75, 3.05) is 14.2 Å². The number of fused-ring (bicyclic) bond motifs is 3. The van der Waals surface area contributed by atoms with Crippen molar-refractivity contribution >= 4 is 0 Å². The van der Waals surface area contributed by atoms with Gasteiger partial charge in [0.15, 0.2) is 11.5 Å². The van der Waals surface area contributed by atoms with Crippen LogP contribution in [0.4, 0.5) is 0 Å². The maximum absolute atomic E-state index is 12.8. The molecule has 0 aliphatic carbocycles. The van der Waals surface area contributed by atoms with E-state index >= 15 is 0 Å². The quantitative estimate of drug-likeness (QED) is 0.614. The number of hydrogen-bond acceptors (Lipinski definition) is 5. The van der Waals surface area contributed by atoms with Gasteiger partial charge in [-0.3, -0.25) is 4.57 Å². The molecule has 2 aromatic carbocycles. The lowest BCUT2D eigenvalue weighted by Gasteiger charge is -2.23. The van der Waals surface area contributed by atoms with Gasteiger partial charge in [0, 0.05) is 18.2 Å². The van der Waals surface area contributed by atoms with Gasteiger partial charge in [-0.05, 0) is 54.2 Å². The SMILES string of the molecule is COc1cc2c(cc1OC)-c1cc(Oc3cc(C)ccc3C(C)C)nc(=O)n1CC2. The summed E-state index contributed by atoms with van der Waals surface area (Å²) in [5.41, 5.74) is 4.64. The Morgan fingerprint density at radius 1 is 1.00 bits per heavy atom. The summed E-state index contributed by atoms with van der Waals surface area (Å²) in [4.78, 5) is 17.0. The van der Waals surface area contributed by atoms with Crippen molar-refractivity contribution in [2.45, 2.75) is 39.7 Å². The zero-order valence-corrected chi connectivity index (χ0v) is 18.0. The lowest BCUT2D eigenvalue weighted by atomic mass is 9.97. The van der Waals surface area contributed by atoms with Crippen LogP contribution >= 0.6 is 0 Å². The first-order valence-corrected chi connectivity index (χ1v) is 10.1. The smallest absolute Gasteiger partial charge is 0.351 e. The number of nitrogens with zero attached hydrogens (tertiary/aromatic N) is 2. The third-order valence-electron chi connectivity index (χ3n) is 5.48. The summed E-state index contributed by atoms with van der Waals surface area (Å²) < 4.78 is 18.7. The molecule has 6 heteroatoms. The van der Waals surface area contributed by atoms with Crippen LogP contribution in [-0.2, 0) is 13.0 Å². The van der Waals surface area contributed by atoms with Crippen LogP contribution < -0.4 is 19.9 Å². The first kappa shape index (κ1) is 20.0. The molecule has 0 fully saturated rings. The fourth-order valence-electron chi connectivity index (χ4n) is 3.89. The molecule has 0 radical (unpaired) electrons. The Labute approximate surface area is 176 Å². The number of ether oxygens (including phenoxy) is 3. The molecule has 0 saturated heterocycles. The normalized spacial score (nSPS) is 12.3. The molecule has 3 aromatic rings. The van der Waals surface area contributed by atoms with Gasteiger partial charge in [0.05, 0.1) is 19.9 Å². The molecule has 0 unspecified atom stereocenters. The Hall–Kier alpha value is -3.28. The predicted octanol–water partition coefficient (Wildman–Crippen LogP) is 4.71. The molecule has 2 heterocycles. The Kier molecular flexibility index (Phi) is 5.24. The molecule has 30 heavy (non-hydrogen) atoms. The summed E-state index contributed by atoms with van der Waals surface area (Å²) >= 11 is 0. The maximum atomic E-state index is 12.8. The molecule has 1 aliphatic rings. The van der Waals surface area contributed by atoms with E-state index in [4.69, 9.17) is 14.2 Å². The summed E-state index contributed by atoms with van der Waals surface area (Å²) in [5.74, 6) is 2.61. The van der Waals surface area contributed by atoms with E-state index in [1.54, 1.807) is 18.8 Å². The monoisotopic (exact) mass is 406 g/mol. The van der Waals surface area contributed by atoms with E-state index < -0.39 is 0 Å². The second kappa shape index (κ2) is 7.86. The number of aryl methyl sites for hydroxylation is 2. The highest BCUT2D eigenvalue weighted by Gasteiger charge is 2.22. The van der Waals surface area contributed by atoms with Gasteiger partial charge in [-0.15, -0.1) is 0 Å². The van der Waals surface area contributed by atoms with Crippen molar-refractivity contribution < 1.29 is 14.2 Å². The van der Waals surface area contributed by atoms with Gasteiger partial charge in [0.2, 0.25) is 5.88 Å². The van der Waals surface area contributed by atoms with Gasteiger partial charge in [0.25, 0.3) is 0 Å². The third kappa shape index (κ3) is 3.54. The molecule has 4 rings (SSSR count). The van der Waals surface area contributed by atoms with E-state index in [-0.39, 0.29) is 11.6 Å². The summed E-state index contributed by atoms with van der Waals surface area (Å²) in [5, 5.41) is 0.